The molecule has 3 N–H and O–H groups in total. The average Bonchev–Trinajstić information content (AvgIpc) is 3.37. The summed E-state index contributed by atoms with van der Waals surface area (Å²) in [5.41, 5.74) is 4.62. The topological polar surface area (TPSA) is 109 Å². The normalized spacial score (nSPS) is 11.7. The molecule has 2 aromatic heterocycles. The van der Waals surface area contributed by atoms with Crippen molar-refractivity contribution in [2.75, 3.05) is 17.7 Å². The number of nitrogens with zero attached hydrogens (tertiary/aromatic N) is 2. The first kappa shape index (κ1) is 25.9. The minimum Gasteiger partial charge on any atom is -0.469 e. The number of hydrogen-bond donors (Lipinski definition) is 3. The Morgan fingerprint density at radius 3 is 2.41 bits per heavy atom. The van der Waals surface area contributed by atoms with E-state index in [4.69, 9.17) is 0 Å². The number of methoxy groups -OCH3 is 1. The fourth-order valence-electron chi connectivity index (χ4n) is 4.21. The second-order valence-electron chi connectivity index (χ2n) is 9.06. The smallest absolute Gasteiger partial charge is 0.305 e. The zero-order valence-electron chi connectivity index (χ0n) is 21.3. The van der Waals surface area contributed by atoms with Crippen molar-refractivity contribution in [2.24, 2.45) is 0 Å². The average molecular weight is 500 g/mol. The molecule has 0 aliphatic rings. The van der Waals surface area contributed by atoms with E-state index in [-0.39, 0.29) is 17.9 Å². The summed E-state index contributed by atoms with van der Waals surface area (Å²) in [5.74, 6) is 0.583. The van der Waals surface area contributed by atoms with Crippen LogP contribution in [0.1, 0.15) is 57.1 Å². The van der Waals surface area contributed by atoms with Crippen LogP contribution < -0.4 is 10.6 Å². The van der Waals surface area contributed by atoms with Crippen LogP contribution >= 0.6 is 0 Å². The van der Waals surface area contributed by atoms with Crippen molar-refractivity contribution in [1.82, 2.24) is 15.0 Å². The van der Waals surface area contributed by atoms with E-state index in [1.54, 1.807) is 6.33 Å². The monoisotopic (exact) mass is 499 g/mol. The van der Waals surface area contributed by atoms with Crippen molar-refractivity contribution < 1.29 is 14.3 Å². The molecular formula is C29H33N5O3. The first-order valence-electron chi connectivity index (χ1n) is 12.7. The standard InChI is InChI=1S/C29H33N5O3/c1-20(21-10-6-5-7-11-21)32-28-24-18-25(34-29(24)31-19-30-28)22-14-16-23(17-15-22)33-26(35)12-8-3-4-9-13-27(36)37-2/h5-7,10-11,14-20H,3-4,8-9,12-13H2,1-2H3,(H,33,35)(H2,30,31,32,34). The predicted molar refractivity (Wildman–Crippen MR) is 146 cm³/mol. The van der Waals surface area contributed by atoms with E-state index < -0.39 is 0 Å². The van der Waals surface area contributed by atoms with Gasteiger partial charge in [0.2, 0.25) is 5.91 Å². The molecule has 37 heavy (non-hydrogen) atoms. The molecule has 8 heteroatoms. The van der Waals surface area contributed by atoms with Gasteiger partial charge in [-0.15, -0.1) is 0 Å². The lowest BCUT2D eigenvalue weighted by Crippen LogP contribution is -2.10. The number of unbranched alkanes of at least 4 members (excludes halogenated alkanes) is 3. The van der Waals surface area contributed by atoms with Crippen LogP contribution in [0.2, 0.25) is 0 Å². The second kappa shape index (κ2) is 12.7. The van der Waals surface area contributed by atoms with Gasteiger partial charge in [-0.2, -0.15) is 0 Å². The summed E-state index contributed by atoms with van der Waals surface area (Å²) in [6, 6.07) is 20.1. The van der Waals surface area contributed by atoms with Gasteiger partial charge in [0.05, 0.1) is 12.5 Å². The Hall–Kier alpha value is -4.20. The van der Waals surface area contributed by atoms with Crippen molar-refractivity contribution in [3.8, 4) is 11.3 Å². The minimum atomic E-state index is -0.184. The third-order valence-electron chi connectivity index (χ3n) is 6.32. The molecule has 1 amide bonds. The second-order valence-corrected chi connectivity index (χ2v) is 9.06. The lowest BCUT2D eigenvalue weighted by Gasteiger charge is -2.15. The van der Waals surface area contributed by atoms with Crippen molar-refractivity contribution in [3.05, 3.63) is 72.6 Å². The molecule has 2 heterocycles. The van der Waals surface area contributed by atoms with Gasteiger partial charge in [-0.3, -0.25) is 9.59 Å². The molecule has 0 aliphatic heterocycles. The number of esters is 1. The number of rotatable bonds is 12. The molecule has 2 aromatic carbocycles. The van der Waals surface area contributed by atoms with Gasteiger partial charge in [-0.25, -0.2) is 9.97 Å². The Morgan fingerprint density at radius 2 is 1.68 bits per heavy atom. The van der Waals surface area contributed by atoms with E-state index in [9.17, 15) is 9.59 Å². The number of anilines is 2. The maximum absolute atomic E-state index is 12.3. The number of H-pyrrole nitrogens is 1. The maximum Gasteiger partial charge on any atom is 0.305 e. The molecule has 0 saturated carbocycles. The first-order valence-corrected chi connectivity index (χ1v) is 12.7. The lowest BCUT2D eigenvalue weighted by molar-refractivity contribution is -0.140. The van der Waals surface area contributed by atoms with Gasteiger partial charge in [0, 0.05) is 30.3 Å². The summed E-state index contributed by atoms with van der Waals surface area (Å²) in [6.07, 6.45) is 5.85. The quantitative estimate of drug-likeness (QED) is 0.157. The van der Waals surface area contributed by atoms with Crippen molar-refractivity contribution in [2.45, 2.75) is 51.5 Å². The third-order valence-corrected chi connectivity index (χ3v) is 6.32. The lowest BCUT2D eigenvalue weighted by atomic mass is 10.1. The molecule has 0 radical (unpaired) electrons. The summed E-state index contributed by atoms with van der Waals surface area (Å²) >= 11 is 0. The highest BCUT2D eigenvalue weighted by atomic mass is 16.5. The fourth-order valence-corrected chi connectivity index (χ4v) is 4.21. The largest absolute Gasteiger partial charge is 0.469 e. The highest BCUT2D eigenvalue weighted by Crippen LogP contribution is 2.29. The molecule has 8 nitrogen and oxygen atoms in total. The maximum atomic E-state index is 12.3. The highest BCUT2D eigenvalue weighted by molar-refractivity contribution is 5.93. The van der Waals surface area contributed by atoms with Gasteiger partial charge in [0.1, 0.15) is 17.8 Å². The molecule has 192 valence electrons. The van der Waals surface area contributed by atoms with Gasteiger partial charge in [0.15, 0.2) is 0 Å². The molecule has 4 rings (SSSR count). The molecule has 0 bridgehead atoms. The van der Waals surface area contributed by atoms with Crippen LogP contribution in [-0.2, 0) is 14.3 Å². The predicted octanol–water partition coefficient (Wildman–Crippen LogP) is 6.25. The van der Waals surface area contributed by atoms with Crippen molar-refractivity contribution in [1.29, 1.82) is 0 Å². The molecular weight excluding hydrogens is 466 g/mol. The Morgan fingerprint density at radius 1 is 0.946 bits per heavy atom. The number of benzene rings is 2. The van der Waals surface area contributed by atoms with Crippen LogP contribution in [-0.4, -0.2) is 33.9 Å². The minimum absolute atomic E-state index is 0.00939. The molecule has 1 atom stereocenters. The molecule has 0 fully saturated rings. The van der Waals surface area contributed by atoms with Gasteiger partial charge in [-0.1, -0.05) is 55.3 Å². The summed E-state index contributed by atoms with van der Waals surface area (Å²) in [6.45, 7) is 2.11. The van der Waals surface area contributed by atoms with E-state index in [2.05, 4.69) is 49.4 Å². The summed E-state index contributed by atoms with van der Waals surface area (Å²) in [4.78, 5) is 35.6. The van der Waals surface area contributed by atoms with Crippen LogP contribution in [0.15, 0.2) is 67.0 Å². The van der Waals surface area contributed by atoms with Gasteiger partial charge in [-0.05, 0) is 49.1 Å². The molecule has 0 saturated heterocycles. The van der Waals surface area contributed by atoms with E-state index >= 15 is 0 Å². The van der Waals surface area contributed by atoms with Crippen LogP contribution in [0.25, 0.3) is 22.3 Å². The van der Waals surface area contributed by atoms with Gasteiger partial charge >= 0.3 is 5.97 Å². The molecule has 1 unspecified atom stereocenters. The Labute approximate surface area is 216 Å². The third kappa shape index (κ3) is 7.16. The van der Waals surface area contributed by atoms with E-state index in [0.717, 1.165) is 59.5 Å². The molecule has 0 spiro atoms. The first-order chi connectivity index (χ1) is 18.0. The van der Waals surface area contributed by atoms with E-state index in [1.165, 1.54) is 12.7 Å². The number of fused-ring (bicyclic) bond motifs is 1. The summed E-state index contributed by atoms with van der Waals surface area (Å²) in [5, 5.41) is 7.37. The number of carbonyl (C=O) groups is 2. The number of carbonyl (C=O) groups excluding carboxylic acids is 2. The Bertz CT molecular complexity index is 1320. The van der Waals surface area contributed by atoms with E-state index in [1.807, 2.05) is 48.5 Å². The van der Waals surface area contributed by atoms with Gasteiger partial charge < -0.3 is 20.4 Å². The number of nitrogens with one attached hydrogen (secondary N) is 3. The van der Waals surface area contributed by atoms with Crippen LogP contribution in [0.3, 0.4) is 0 Å². The summed E-state index contributed by atoms with van der Waals surface area (Å²) < 4.78 is 4.63. The SMILES string of the molecule is COC(=O)CCCCCCC(=O)Nc1ccc(-c2cc3c(NC(C)c4ccccc4)ncnc3[nH]2)cc1. The van der Waals surface area contributed by atoms with Crippen molar-refractivity contribution in [3.63, 3.8) is 0 Å². The molecule has 4 aromatic rings. The number of ether oxygens (including phenoxy) is 1. The number of aromatic nitrogens is 3. The molecule has 0 aliphatic carbocycles. The number of aromatic amines is 1. The zero-order valence-corrected chi connectivity index (χ0v) is 21.3. The Kier molecular flexibility index (Phi) is 8.86. The zero-order chi connectivity index (χ0) is 26.0. The number of amides is 1. The van der Waals surface area contributed by atoms with Crippen LogP contribution in [0.4, 0.5) is 11.5 Å². The highest BCUT2D eigenvalue weighted by Gasteiger charge is 2.13. The number of hydrogen-bond acceptors (Lipinski definition) is 6. The van der Waals surface area contributed by atoms with Crippen molar-refractivity contribution >= 4 is 34.4 Å². The Balaban J connectivity index is 1.33. The van der Waals surface area contributed by atoms with Crippen LogP contribution in [0, 0.1) is 0 Å². The van der Waals surface area contributed by atoms with E-state index in [0.29, 0.717) is 12.8 Å². The fraction of sp³-hybridized carbons (Fsp3) is 0.310. The van der Waals surface area contributed by atoms with Crippen LogP contribution in [0.5, 0.6) is 0 Å². The summed E-state index contributed by atoms with van der Waals surface area (Å²) in [7, 11) is 1.40. The van der Waals surface area contributed by atoms with Gasteiger partial charge in [0.25, 0.3) is 0 Å².